The topological polar surface area (TPSA) is 92.2 Å². The SMILES string of the molecule is Cc1cc(COc2ccc(Cl)cc2)c(C)c(C2C(C#N)=C(N)N(c3cccnc3Cl)C3=C2C(=O)CCC3)c1. The first-order valence-electron chi connectivity index (χ1n) is 12.3. The van der Waals surface area contributed by atoms with E-state index in [0.29, 0.717) is 53.5 Å². The molecule has 0 saturated carbocycles. The van der Waals surface area contributed by atoms with Gasteiger partial charge in [-0.3, -0.25) is 9.69 Å². The molecule has 0 spiro atoms. The molecule has 2 aliphatic rings. The van der Waals surface area contributed by atoms with Crippen LogP contribution in [0.4, 0.5) is 5.69 Å². The second-order valence-electron chi connectivity index (χ2n) is 9.51. The van der Waals surface area contributed by atoms with E-state index >= 15 is 0 Å². The summed E-state index contributed by atoms with van der Waals surface area (Å²) in [5, 5.41) is 11.3. The van der Waals surface area contributed by atoms with E-state index in [1.165, 1.54) is 0 Å². The Hall–Kier alpha value is -3.79. The van der Waals surface area contributed by atoms with Crippen molar-refractivity contribution in [2.75, 3.05) is 4.90 Å². The molecule has 2 N–H and O–H groups in total. The number of aryl methyl sites for hydroxylation is 1. The van der Waals surface area contributed by atoms with Crippen LogP contribution < -0.4 is 15.4 Å². The molecule has 1 aliphatic heterocycles. The van der Waals surface area contributed by atoms with Crippen molar-refractivity contribution in [1.29, 1.82) is 5.26 Å². The highest BCUT2D eigenvalue weighted by Crippen LogP contribution is 2.48. The zero-order valence-corrected chi connectivity index (χ0v) is 22.6. The maximum absolute atomic E-state index is 13.5. The highest BCUT2D eigenvalue weighted by molar-refractivity contribution is 6.32. The maximum atomic E-state index is 13.5. The van der Waals surface area contributed by atoms with E-state index in [2.05, 4.69) is 17.1 Å². The van der Waals surface area contributed by atoms with E-state index < -0.39 is 5.92 Å². The number of aromatic nitrogens is 1. The molecule has 6 nitrogen and oxygen atoms in total. The van der Waals surface area contributed by atoms with E-state index in [4.69, 9.17) is 33.7 Å². The molecule has 3 aromatic rings. The number of benzene rings is 2. The molecule has 1 atom stereocenters. The molecule has 5 rings (SSSR count). The average molecular weight is 545 g/mol. The second-order valence-corrected chi connectivity index (χ2v) is 10.3. The molecule has 0 bridgehead atoms. The summed E-state index contributed by atoms with van der Waals surface area (Å²) >= 11 is 12.5. The third-order valence-electron chi connectivity index (χ3n) is 7.11. The smallest absolute Gasteiger partial charge is 0.161 e. The number of carbonyl (C=O) groups excluding carboxylic acids is 1. The number of halogens is 2. The largest absolute Gasteiger partial charge is 0.489 e. The zero-order chi connectivity index (χ0) is 27.0. The fraction of sp³-hybridized carbons (Fsp3) is 0.233. The number of nitrogens with two attached hydrogens (primary N) is 1. The molecular formula is C30H26Cl2N4O2. The monoisotopic (exact) mass is 544 g/mol. The minimum atomic E-state index is -0.580. The number of pyridine rings is 1. The van der Waals surface area contributed by atoms with Crippen molar-refractivity contribution >= 4 is 34.7 Å². The van der Waals surface area contributed by atoms with Crippen LogP contribution in [0.3, 0.4) is 0 Å². The molecule has 2 aromatic carbocycles. The van der Waals surface area contributed by atoms with Gasteiger partial charge in [0.05, 0.1) is 23.2 Å². The van der Waals surface area contributed by atoms with Gasteiger partial charge >= 0.3 is 0 Å². The van der Waals surface area contributed by atoms with Crippen LogP contribution in [0, 0.1) is 25.2 Å². The summed E-state index contributed by atoms with van der Waals surface area (Å²) < 4.78 is 6.05. The molecule has 192 valence electrons. The van der Waals surface area contributed by atoms with Gasteiger partial charge in [-0.1, -0.05) is 40.9 Å². The van der Waals surface area contributed by atoms with Gasteiger partial charge in [-0.2, -0.15) is 5.26 Å². The van der Waals surface area contributed by atoms with Gasteiger partial charge in [0.15, 0.2) is 10.9 Å². The van der Waals surface area contributed by atoms with Crippen molar-refractivity contribution < 1.29 is 9.53 Å². The molecule has 0 amide bonds. The van der Waals surface area contributed by atoms with E-state index in [1.807, 2.05) is 32.0 Å². The molecule has 1 aliphatic carbocycles. The van der Waals surface area contributed by atoms with Crippen molar-refractivity contribution in [2.24, 2.45) is 5.73 Å². The Labute approximate surface area is 231 Å². The number of Topliss-reactive ketones (excluding diaryl/α,β-unsaturated/α-hetero) is 1. The lowest BCUT2D eigenvalue weighted by molar-refractivity contribution is -0.116. The molecule has 0 fully saturated rings. The molecule has 2 heterocycles. The second kappa shape index (κ2) is 10.5. The number of rotatable bonds is 5. The minimum Gasteiger partial charge on any atom is -0.489 e. The number of carbonyl (C=O) groups is 1. The van der Waals surface area contributed by atoms with Crippen molar-refractivity contribution in [3.8, 4) is 11.8 Å². The Balaban J connectivity index is 1.64. The predicted octanol–water partition coefficient (Wildman–Crippen LogP) is 6.89. The van der Waals surface area contributed by atoms with E-state index in [0.717, 1.165) is 28.0 Å². The standard InChI is InChI=1S/C30H26Cl2N4O2/c1-17-13-19(16-38-21-10-8-20(31)9-11-21)18(2)22(14-17)27-23(15-33)30(34)36(25-6-4-12-35-29(25)32)24-5-3-7-26(37)28(24)27/h4,6,8-14,27H,3,5,7,16,34H2,1-2H3. The summed E-state index contributed by atoms with van der Waals surface area (Å²) in [7, 11) is 0. The van der Waals surface area contributed by atoms with Gasteiger partial charge in [0, 0.05) is 28.9 Å². The number of anilines is 1. The summed E-state index contributed by atoms with van der Waals surface area (Å²) in [6.45, 7) is 4.32. The van der Waals surface area contributed by atoms with Gasteiger partial charge in [0.25, 0.3) is 0 Å². The number of ether oxygens (including phenoxy) is 1. The fourth-order valence-corrected chi connectivity index (χ4v) is 5.65. The van der Waals surface area contributed by atoms with Gasteiger partial charge in [0.2, 0.25) is 0 Å². The van der Waals surface area contributed by atoms with Crippen LogP contribution in [0.15, 0.2) is 77.4 Å². The van der Waals surface area contributed by atoms with Crippen molar-refractivity contribution in [2.45, 2.75) is 45.6 Å². The van der Waals surface area contributed by atoms with Crippen molar-refractivity contribution in [3.05, 3.63) is 110 Å². The first-order valence-corrected chi connectivity index (χ1v) is 13.1. The average Bonchev–Trinajstić information content (AvgIpc) is 2.90. The molecule has 38 heavy (non-hydrogen) atoms. The highest BCUT2D eigenvalue weighted by atomic mass is 35.5. The van der Waals surface area contributed by atoms with Crippen LogP contribution in [-0.4, -0.2) is 10.8 Å². The summed E-state index contributed by atoms with van der Waals surface area (Å²) in [4.78, 5) is 19.5. The zero-order valence-electron chi connectivity index (χ0n) is 21.1. The Morgan fingerprint density at radius 1 is 1.16 bits per heavy atom. The van der Waals surface area contributed by atoms with Crippen LogP contribution in [-0.2, 0) is 11.4 Å². The summed E-state index contributed by atoms with van der Waals surface area (Å²) in [5.74, 6) is 0.401. The summed E-state index contributed by atoms with van der Waals surface area (Å²) in [5.41, 5.74) is 12.7. The van der Waals surface area contributed by atoms with E-state index in [1.54, 1.807) is 35.4 Å². The van der Waals surface area contributed by atoms with Crippen LogP contribution >= 0.6 is 23.2 Å². The Bertz CT molecular complexity index is 1540. The number of nitrogens with zero attached hydrogens (tertiary/aromatic N) is 3. The summed E-state index contributed by atoms with van der Waals surface area (Å²) in [6, 6.07) is 17.2. The van der Waals surface area contributed by atoms with Gasteiger partial charge in [0.1, 0.15) is 18.2 Å². The van der Waals surface area contributed by atoms with Crippen molar-refractivity contribution in [1.82, 2.24) is 4.98 Å². The molecule has 8 heteroatoms. The molecule has 1 aromatic heterocycles. The maximum Gasteiger partial charge on any atom is 0.161 e. The van der Waals surface area contributed by atoms with Gasteiger partial charge in [-0.15, -0.1) is 0 Å². The first kappa shape index (κ1) is 25.8. The number of nitriles is 1. The number of allylic oxidation sites excluding steroid dienone is 3. The first-order chi connectivity index (χ1) is 18.3. The minimum absolute atomic E-state index is 0.0152. The lowest BCUT2D eigenvalue weighted by atomic mass is 9.73. The Kier molecular flexibility index (Phi) is 7.16. The lowest BCUT2D eigenvalue weighted by Crippen LogP contribution is -2.39. The van der Waals surface area contributed by atoms with Crippen molar-refractivity contribution in [3.63, 3.8) is 0 Å². The Morgan fingerprint density at radius 3 is 2.63 bits per heavy atom. The van der Waals surface area contributed by atoms with Gasteiger partial charge in [-0.25, -0.2) is 4.98 Å². The number of hydrogen-bond acceptors (Lipinski definition) is 6. The molecule has 0 radical (unpaired) electrons. The quantitative estimate of drug-likeness (QED) is 0.351. The van der Waals surface area contributed by atoms with Crippen LogP contribution in [0.1, 0.15) is 47.4 Å². The molecule has 0 saturated heterocycles. The lowest BCUT2D eigenvalue weighted by Gasteiger charge is -2.40. The summed E-state index contributed by atoms with van der Waals surface area (Å²) in [6.07, 6.45) is 3.34. The molecular weight excluding hydrogens is 519 g/mol. The predicted molar refractivity (Wildman–Crippen MR) is 149 cm³/mol. The Morgan fingerprint density at radius 2 is 1.92 bits per heavy atom. The molecule has 1 unspecified atom stereocenters. The third-order valence-corrected chi connectivity index (χ3v) is 7.66. The number of hydrogen-bond donors (Lipinski definition) is 1. The normalized spacial score (nSPS) is 17.4. The third kappa shape index (κ3) is 4.64. The van der Waals surface area contributed by atoms with Crippen LogP contribution in [0.5, 0.6) is 5.75 Å². The van der Waals surface area contributed by atoms with Gasteiger partial charge in [-0.05, 0) is 79.8 Å². The van der Waals surface area contributed by atoms with Gasteiger partial charge < -0.3 is 10.5 Å². The number of ketones is 1. The fourth-order valence-electron chi connectivity index (χ4n) is 5.32. The van der Waals surface area contributed by atoms with Crippen LogP contribution in [0.2, 0.25) is 10.2 Å². The highest BCUT2D eigenvalue weighted by Gasteiger charge is 2.41. The van der Waals surface area contributed by atoms with E-state index in [9.17, 15) is 10.1 Å². The van der Waals surface area contributed by atoms with Crippen LogP contribution in [0.25, 0.3) is 0 Å². The van der Waals surface area contributed by atoms with E-state index in [-0.39, 0.29) is 16.8 Å².